The first-order chi connectivity index (χ1) is 9.86. The third kappa shape index (κ3) is 3.40. The topological polar surface area (TPSA) is 63.4 Å². The van der Waals surface area contributed by atoms with Gasteiger partial charge in [0.15, 0.2) is 0 Å². The maximum Gasteiger partial charge on any atom is 0.243 e. The summed E-state index contributed by atoms with van der Waals surface area (Å²) >= 11 is 0. The van der Waals surface area contributed by atoms with E-state index in [-0.39, 0.29) is 6.04 Å². The number of sulfonamides is 1. The van der Waals surface area contributed by atoms with Crippen LogP contribution in [0.1, 0.15) is 44.6 Å². The number of hydrogen-bond acceptors (Lipinski definition) is 3. The van der Waals surface area contributed by atoms with E-state index in [1.54, 1.807) is 29.6 Å². The molecule has 0 aliphatic heterocycles. The van der Waals surface area contributed by atoms with E-state index in [4.69, 9.17) is 5.73 Å². The van der Waals surface area contributed by atoms with Crippen LogP contribution in [0.4, 0.5) is 5.69 Å². The zero-order valence-electron chi connectivity index (χ0n) is 13.2. The minimum atomic E-state index is -3.42. The summed E-state index contributed by atoms with van der Waals surface area (Å²) in [6.07, 6.45) is 5.37. The van der Waals surface area contributed by atoms with Crippen LogP contribution in [0.15, 0.2) is 23.1 Å². The summed E-state index contributed by atoms with van der Waals surface area (Å²) in [5, 5.41) is 0. The Hall–Kier alpha value is -1.07. The monoisotopic (exact) mass is 310 g/mol. The number of hydrogen-bond donors (Lipinski definition) is 1. The van der Waals surface area contributed by atoms with E-state index >= 15 is 0 Å². The molecule has 21 heavy (non-hydrogen) atoms. The molecule has 0 radical (unpaired) electrons. The number of aryl methyl sites for hydroxylation is 1. The van der Waals surface area contributed by atoms with E-state index < -0.39 is 10.0 Å². The Balaban J connectivity index is 2.17. The van der Waals surface area contributed by atoms with Crippen LogP contribution < -0.4 is 5.73 Å². The molecule has 0 spiro atoms. The van der Waals surface area contributed by atoms with Crippen molar-refractivity contribution in [3.05, 3.63) is 23.8 Å². The summed E-state index contributed by atoms with van der Waals surface area (Å²) in [5.41, 5.74) is 7.20. The van der Waals surface area contributed by atoms with Crippen LogP contribution in [0.5, 0.6) is 0 Å². The standard InChI is InChI=1S/C16H26N2O2S/c1-4-13-5-7-14(8-6-13)18(3)21(19,20)15-9-10-16(17)12(2)11-15/h9-11,13-14H,4-8,17H2,1-3H3. The molecular formula is C16H26N2O2S. The quantitative estimate of drug-likeness (QED) is 0.869. The molecule has 1 aliphatic rings. The predicted octanol–water partition coefficient (Wildman–Crippen LogP) is 3.17. The Kier molecular flexibility index (Phi) is 4.94. The molecule has 0 atom stereocenters. The summed E-state index contributed by atoms with van der Waals surface area (Å²) < 4.78 is 27.0. The van der Waals surface area contributed by atoms with Crippen LogP contribution in [0.2, 0.25) is 0 Å². The van der Waals surface area contributed by atoms with Crippen molar-refractivity contribution >= 4 is 15.7 Å². The Morgan fingerprint density at radius 3 is 2.38 bits per heavy atom. The van der Waals surface area contributed by atoms with E-state index in [0.29, 0.717) is 10.6 Å². The van der Waals surface area contributed by atoms with Gasteiger partial charge >= 0.3 is 0 Å². The largest absolute Gasteiger partial charge is 0.399 e. The van der Waals surface area contributed by atoms with Gasteiger partial charge in [0.25, 0.3) is 0 Å². The number of nitrogens with zero attached hydrogens (tertiary/aromatic N) is 1. The molecule has 0 bridgehead atoms. The van der Waals surface area contributed by atoms with Crippen LogP contribution in [0, 0.1) is 12.8 Å². The second-order valence-corrected chi connectivity index (χ2v) is 8.12. The van der Waals surface area contributed by atoms with Gasteiger partial charge in [0.1, 0.15) is 0 Å². The molecule has 1 saturated carbocycles. The van der Waals surface area contributed by atoms with Gasteiger partial charge in [-0.1, -0.05) is 13.3 Å². The number of anilines is 1. The van der Waals surface area contributed by atoms with Crippen molar-refractivity contribution in [1.29, 1.82) is 0 Å². The molecule has 0 unspecified atom stereocenters. The number of nitrogens with two attached hydrogens (primary N) is 1. The van der Waals surface area contributed by atoms with Crippen LogP contribution in [0.25, 0.3) is 0 Å². The molecule has 1 aromatic rings. The van der Waals surface area contributed by atoms with Crippen molar-refractivity contribution in [1.82, 2.24) is 4.31 Å². The molecule has 0 saturated heterocycles. The second kappa shape index (κ2) is 6.36. The lowest BCUT2D eigenvalue weighted by Crippen LogP contribution is -2.39. The zero-order chi connectivity index (χ0) is 15.6. The fourth-order valence-corrected chi connectivity index (χ4v) is 4.59. The van der Waals surface area contributed by atoms with Gasteiger partial charge in [0.05, 0.1) is 4.90 Å². The minimum absolute atomic E-state index is 0.121. The molecule has 5 heteroatoms. The van der Waals surface area contributed by atoms with Gasteiger partial charge in [0.2, 0.25) is 10.0 Å². The van der Waals surface area contributed by atoms with Crippen LogP contribution >= 0.6 is 0 Å². The fourth-order valence-electron chi connectivity index (χ4n) is 3.09. The van der Waals surface area contributed by atoms with Gasteiger partial charge in [0, 0.05) is 18.8 Å². The van der Waals surface area contributed by atoms with Crippen LogP contribution in [-0.2, 0) is 10.0 Å². The molecule has 1 aromatic carbocycles. The molecule has 1 fully saturated rings. The number of benzene rings is 1. The van der Waals surface area contributed by atoms with Crippen molar-refractivity contribution < 1.29 is 8.42 Å². The first-order valence-corrected chi connectivity index (χ1v) is 9.14. The maximum absolute atomic E-state index is 12.7. The fraction of sp³-hybridized carbons (Fsp3) is 0.625. The first-order valence-electron chi connectivity index (χ1n) is 7.70. The number of rotatable bonds is 4. The highest BCUT2D eigenvalue weighted by Crippen LogP contribution is 2.31. The third-order valence-electron chi connectivity index (χ3n) is 4.83. The molecule has 4 nitrogen and oxygen atoms in total. The van der Waals surface area contributed by atoms with E-state index in [0.717, 1.165) is 37.2 Å². The predicted molar refractivity (Wildman–Crippen MR) is 86.6 cm³/mol. The van der Waals surface area contributed by atoms with Crippen molar-refractivity contribution in [2.45, 2.75) is 56.9 Å². The molecular weight excluding hydrogens is 284 g/mol. The lowest BCUT2D eigenvalue weighted by Gasteiger charge is -2.33. The summed E-state index contributed by atoms with van der Waals surface area (Å²) in [5.74, 6) is 0.760. The van der Waals surface area contributed by atoms with Crippen molar-refractivity contribution in [2.75, 3.05) is 12.8 Å². The second-order valence-electron chi connectivity index (χ2n) is 6.12. The average molecular weight is 310 g/mol. The highest BCUT2D eigenvalue weighted by atomic mass is 32.2. The molecule has 0 heterocycles. The van der Waals surface area contributed by atoms with Gasteiger partial charge < -0.3 is 5.73 Å². The first kappa shape index (κ1) is 16.3. The highest BCUT2D eigenvalue weighted by Gasteiger charge is 2.31. The van der Waals surface area contributed by atoms with Crippen molar-refractivity contribution in [3.8, 4) is 0 Å². The van der Waals surface area contributed by atoms with Gasteiger partial charge in [-0.3, -0.25) is 0 Å². The van der Waals surface area contributed by atoms with Gasteiger partial charge in [-0.15, -0.1) is 0 Å². The highest BCUT2D eigenvalue weighted by molar-refractivity contribution is 7.89. The molecule has 2 rings (SSSR count). The van der Waals surface area contributed by atoms with E-state index in [1.807, 2.05) is 6.92 Å². The maximum atomic E-state index is 12.7. The SMILES string of the molecule is CCC1CCC(N(C)S(=O)(=O)c2ccc(N)c(C)c2)CC1. The minimum Gasteiger partial charge on any atom is -0.399 e. The molecule has 0 amide bonds. The van der Waals surface area contributed by atoms with E-state index in [2.05, 4.69) is 6.92 Å². The summed E-state index contributed by atoms with van der Waals surface area (Å²) in [7, 11) is -1.72. The van der Waals surface area contributed by atoms with Crippen molar-refractivity contribution in [2.24, 2.45) is 5.92 Å². The summed E-state index contributed by atoms with van der Waals surface area (Å²) in [4.78, 5) is 0.342. The smallest absolute Gasteiger partial charge is 0.243 e. The van der Waals surface area contributed by atoms with Gasteiger partial charge in [-0.05, 0) is 62.3 Å². The van der Waals surface area contributed by atoms with Crippen LogP contribution in [-0.4, -0.2) is 25.8 Å². The molecule has 0 aromatic heterocycles. The lowest BCUT2D eigenvalue weighted by molar-refractivity contribution is 0.233. The molecule has 2 N–H and O–H groups in total. The Morgan fingerprint density at radius 1 is 1.24 bits per heavy atom. The summed E-state index contributed by atoms with van der Waals surface area (Å²) in [6, 6.07) is 5.06. The Morgan fingerprint density at radius 2 is 1.86 bits per heavy atom. The lowest BCUT2D eigenvalue weighted by atomic mass is 9.85. The van der Waals surface area contributed by atoms with Crippen LogP contribution in [0.3, 0.4) is 0 Å². The molecule has 118 valence electrons. The Labute approximate surface area is 128 Å². The van der Waals surface area contributed by atoms with Crippen molar-refractivity contribution in [3.63, 3.8) is 0 Å². The third-order valence-corrected chi connectivity index (χ3v) is 6.73. The van der Waals surface area contributed by atoms with Gasteiger partial charge in [-0.2, -0.15) is 4.31 Å². The van der Waals surface area contributed by atoms with Gasteiger partial charge in [-0.25, -0.2) is 8.42 Å². The van der Waals surface area contributed by atoms with E-state index in [9.17, 15) is 8.42 Å². The Bertz CT molecular complexity index is 590. The van der Waals surface area contributed by atoms with E-state index in [1.165, 1.54) is 6.42 Å². The zero-order valence-corrected chi connectivity index (χ0v) is 14.0. The summed E-state index contributed by atoms with van der Waals surface area (Å²) in [6.45, 7) is 4.05. The molecule has 1 aliphatic carbocycles. The normalized spacial score (nSPS) is 23.4. The number of nitrogen functional groups attached to an aromatic ring is 1. The average Bonchev–Trinajstić information content (AvgIpc) is 2.49.